The summed E-state index contributed by atoms with van der Waals surface area (Å²) in [5.41, 5.74) is 1.60. The first-order chi connectivity index (χ1) is 10.7. The minimum atomic E-state index is -0.320. The zero-order valence-electron chi connectivity index (χ0n) is 11.7. The molecule has 0 unspecified atom stereocenters. The molecule has 0 saturated heterocycles. The first-order valence-corrected chi connectivity index (χ1v) is 6.91. The first kappa shape index (κ1) is 14.3. The Kier molecular flexibility index (Phi) is 3.89. The maximum Gasteiger partial charge on any atom is 0.275 e. The van der Waals surface area contributed by atoms with Crippen LogP contribution in [0.25, 0.3) is 10.9 Å². The van der Waals surface area contributed by atoms with E-state index in [1.54, 1.807) is 18.2 Å². The Morgan fingerprint density at radius 3 is 2.77 bits per heavy atom. The molecule has 0 aliphatic heterocycles. The zero-order chi connectivity index (χ0) is 15.5. The number of benzene rings is 2. The van der Waals surface area contributed by atoms with E-state index in [1.165, 1.54) is 13.4 Å². The van der Waals surface area contributed by atoms with Crippen LogP contribution in [-0.4, -0.2) is 23.0 Å². The number of aromatic nitrogens is 2. The van der Waals surface area contributed by atoms with Crippen LogP contribution in [0.2, 0.25) is 5.02 Å². The molecule has 2 aromatic carbocycles. The van der Waals surface area contributed by atoms with E-state index in [0.29, 0.717) is 27.5 Å². The van der Waals surface area contributed by atoms with Crippen molar-refractivity contribution in [3.63, 3.8) is 0 Å². The van der Waals surface area contributed by atoms with Crippen LogP contribution in [0.15, 0.2) is 48.8 Å². The number of methoxy groups -OCH3 is 1. The second kappa shape index (κ2) is 5.99. The van der Waals surface area contributed by atoms with Gasteiger partial charge in [0.25, 0.3) is 5.91 Å². The van der Waals surface area contributed by atoms with Crippen molar-refractivity contribution in [1.29, 1.82) is 0 Å². The summed E-state index contributed by atoms with van der Waals surface area (Å²) in [5.74, 6) is 0.229. The van der Waals surface area contributed by atoms with Gasteiger partial charge in [-0.25, -0.2) is 9.97 Å². The standard InChI is InChI=1S/C16H12ClN3O2/c1-22-14-7-6-10(8-12(14)17)20-16(21)15-11-4-2-3-5-13(11)18-9-19-15/h2-9H,1H3,(H,20,21). The van der Waals surface area contributed by atoms with Gasteiger partial charge in [-0.2, -0.15) is 0 Å². The Hall–Kier alpha value is -2.66. The van der Waals surface area contributed by atoms with Crippen LogP contribution in [0.3, 0.4) is 0 Å². The number of hydrogen-bond acceptors (Lipinski definition) is 4. The number of nitrogens with zero attached hydrogens (tertiary/aromatic N) is 2. The summed E-state index contributed by atoms with van der Waals surface area (Å²) in [6, 6.07) is 12.4. The van der Waals surface area contributed by atoms with Gasteiger partial charge in [0.1, 0.15) is 17.8 Å². The van der Waals surface area contributed by atoms with Gasteiger partial charge in [0.05, 0.1) is 17.6 Å². The lowest BCUT2D eigenvalue weighted by Gasteiger charge is -2.09. The monoisotopic (exact) mass is 313 g/mol. The molecule has 0 aliphatic rings. The SMILES string of the molecule is COc1ccc(NC(=O)c2ncnc3ccccc23)cc1Cl. The number of fused-ring (bicyclic) bond motifs is 1. The molecule has 0 atom stereocenters. The van der Waals surface area contributed by atoms with E-state index < -0.39 is 0 Å². The highest BCUT2D eigenvalue weighted by molar-refractivity contribution is 6.32. The molecule has 22 heavy (non-hydrogen) atoms. The zero-order valence-corrected chi connectivity index (χ0v) is 12.5. The van der Waals surface area contributed by atoms with Crippen LogP contribution in [0, 0.1) is 0 Å². The van der Waals surface area contributed by atoms with Gasteiger partial charge in [-0.1, -0.05) is 29.8 Å². The Labute approximate surface area is 131 Å². The Balaban J connectivity index is 1.92. The molecule has 0 fully saturated rings. The fourth-order valence-electron chi connectivity index (χ4n) is 2.12. The van der Waals surface area contributed by atoms with Crippen molar-refractivity contribution >= 4 is 34.1 Å². The molecule has 0 radical (unpaired) electrons. The molecular weight excluding hydrogens is 302 g/mol. The second-order valence-electron chi connectivity index (χ2n) is 4.54. The van der Waals surface area contributed by atoms with Crippen LogP contribution in [-0.2, 0) is 0 Å². The summed E-state index contributed by atoms with van der Waals surface area (Å²) in [5, 5.41) is 3.89. The average Bonchev–Trinajstić information content (AvgIpc) is 2.54. The van der Waals surface area contributed by atoms with Gasteiger partial charge < -0.3 is 10.1 Å². The lowest BCUT2D eigenvalue weighted by atomic mass is 10.2. The second-order valence-corrected chi connectivity index (χ2v) is 4.95. The third-order valence-corrected chi connectivity index (χ3v) is 3.46. The Morgan fingerprint density at radius 1 is 1.18 bits per heavy atom. The maximum absolute atomic E-state index is 12.4. The van der Waals surface area contributed by atoms with Gasteiger partial charge in [0.2, 0.25) is 0 Å². The number of anilines is 1. The molecule has 1 aromatic heterocycles. The van der Waals surface area contributed by atoms with Crippen molar-refractivity contribution < 1.29 is 9.53 Å². The smallest absolute Gasteiger partial charge is 0.275 e. The summed E-state index contributed by atoms with van der Waals surface area (Å²) in [4.78, 5) is 20.6. The highest BCUT2D eigenvalue weighted by Gasteiger charge is 2.13. The summed E-state index contributed by atoms with van der Waals surface area (Å²) in [7, 11) is 1.53. The van der Waals surface area contributed by atoms with Gasteiger partial charge in [0, 0.05) is 11.1 Å². The van der Waals surface area contributed by atoms with E-state index in [1.807, 2.05) is 24.3 Å². The fraction of sp³-hybridized carbons (Fsp3) is 0.0625. The van der Waals surface area contributed by atoms with Crippen molar-refractivity contribution in [3.8, 4) is 5.75 Å². The number of ether oxygens (including phenoxy) is 1. The van der Waals surface area contributed by atoms with E-state index in [0.717, 1.165) is 5.52 Å². The summed E-state index contributed by atoms with van der Waals surface area (Å²) < 4.78 is 5.08. The Morgan fingerprint density at radius 2 is 2.00 bits per heavy atom. The molecule has 0 bridgehead atoms. The number of carbonyl (C=O) groups excluding carboxylic acids is 1. The number of hydrogen-bond donors (Lipinski definition) is 1. The quantitative estimate of drug-likeness (QED) is 0.803. The van der Waals surface area contributed by atoms with Crippen LogP contribution in [0.5, 0.6) is 5.75 Å². The van der Waals surface area contributed by atoms with Gasteiger partial charge in [-0.3, -0.25) is 4.79 Å². The number of amides is 1. The minimum absolute atomic E-state index is 0.317. The molecule has 110 valence electrons. The van der Waals surface area contributed by atoms with Crippen LogP contribution >= 0.6 is 11.6 Å². The molecule has 5 nitrogen and oxygen atoms in total. The summed E-state index contributed by atoms with van der Waals surface area (Å²) >= 11 is 6.05. The molecule has 3 rings (SSSR count). The third kappa shape index (κ3) is 2.71. The lowest BCUT2D eigenvalue weighted by molar-refractivity contribution is 0.102. The largest absolute Gasteiger partial charge is 0.495 e. The molecule has 3 aromatic rings. The molecule has 0 saturated carbocycles. The van der Waals surface area contributed by atoms with Gasteiger partial charge >= 0.3 is 0 Å². The molecule has 6 heteroatoms. The van der Waals surface area contributed by atoms with Crippen LogP contribution in [0.4, 0.5) is 5.69 Å². The normalized spacial score (nSPS) is 10.5. The number of carbonyl (C=O) groups is 1. The van der Waals surface area contributed by atoms with Crippen LogP contribution in [0.1, 0.15) is 10.5 Å². The van der Waals surface area contributed by atoms with E-state index in [4.69, 9.17) is 16.3 Å². The number of nitrogens with one attached hydrogen (secondary N) is 1. The lowest BCUT2D eigenvalue weighted by Crippen LogP contribution is -2.14. The molecule has 0 aliphatic carbocycles. The number of para-hydroxylation sites is 1. The number of rotatable bonds is 3. The predicted octanol–water partition coefficient (Wildman–Crippen LogP) is 3.54. The number of halogens is 1. The average molecular weight is 314 g/mol. The van der Waals surface area contributed by atoms with Crippen LogP contribution < -0.4 is 10.1 Å². The van der Waals surface area contributed by atoms with Crippen molar-refractivity contribution in [2.24, 2.45) is 0 Å². The van der Waals surface area contributed by atoms with E-state index in [-0.39, 0.29) is 5.91 Å². The van der Waals surface area contributed by atoms with Gasteiger partial charge in [-0.05, 0) is 24.3 Å². The Bertz CT molecular complexity index is 846. The van der Waals surface area contributed by atoms with E-state index in [9.17, 15) is 4.79 Å². The fourth-order valence-corrected chi connectivity index (χ4v) is 2.38. The minimum Gasteiger partial charge on any atom is -0.495 e. The molecule has 1 N–H and O–H groups in total. The molecule has 1 amide bonds. The first-order valence-electron chi connectivity index (χ1n) is 6.53. The topological polar surface area (TPSA) is 64.1 Å². The predicted molar refractivity (Wildman–Crippen MR) is 85.5 cm³/mol. The third-order valence-electron chi connectivity index (χ3n) is 3.17. The van der Waals surface area contributed by atoms with Gasteiger partial charge in [0.15, 0.2) is 0 Å². The highest BCUT2D eigenvalue weighted by Crippen LogP contribution is 2.27. The van der Waals surface area contributed by atoms with E-state index >= 15 is 0 Å². The summed E-state index contributed by atoms with van der Waals surface area (Å²) in [6.07, 6.45) is 1.37. The molecule has 0 spiro atoms. The maximum atomic E-state index is 12.4. The van der Waals surface area contributed by atoms with Gasteiger partial charge in [-0.15, -0.1) is 0 Å². The van der Waals surface area contributed by atoms with Crippen molar-refractivity contribution in [2.45, 2.75) is 0 Å². The summed E-state index contributed by atoms with van der Waals surface area (Å²) in [6.45, 7) is 0. The van der Waals surface area contributed by atoms with Crippen molar-refractivity contribution in [1.82, 2.24) is 9.97 Å². The van der Waals surface area contributed by atoms with Crippen molar-refractivity contribution in [2.75, 3.05) is 12.4 Å². The van der Waals surface area contributed by atoms with Crippen molar-refractivity contribution in [3.05, 3.63) is 59.5 Å². The molecular formula is C16H12ClN3O2. The highest BCUT2D eigenvalue weighted by atomic mass is 35.5. The van der Waals surface area contributed by atoms with E-state index in [2.05, 4.69) is 15.3 Å². The molecule has 1 heterocycles.